The van der Waals surface area contributed by atoms with E-state index in [4.69, 9.17) is 5.73 Å². The van der Waals surface area contributed by atoms with E-state index >= 15 is 0 Å². The van der Waals surface area contributed by atoms with Crippen molar-refractivity contribution in [2.75, 3.05) is 0 Å². The molecule has 5 nitrogen and oxygen atoms in total. The molecule has 4 rings (SSSR count). The van der Waals surface area contributed by atoms with Crippen LogP contribution in [0.3, 0.4) is 0 Å². The van der Waals surface area contributed by atoms with E-state index < -0.39 is 0 Å². The average molecular weight is 275 g/mol. The molecule has 0 fully saturated rings. The van der Waals surface area contributed by atoms with Gasteiger partial charge in [-0.25, -0.2) is 4.52 Å². The smallest absolute Gasteiger partial charge is 0.0896 e. The molecule has 0 bridgehead atoms. The first-order valence-electron chi connectivity index (χ1n) is 6.70. The number of aromatic nitrogens is 4. The first kappa shape index (κ1) is 12.0. The summed E-state index contributed by atoms with van der Waals surface area (Å²) in [6.45, 7) is 0. The van der Waals surface area contributed by atoms with Crippen LogP contribution in [-0.2, 0) is 0 Å². The summed E-state index contributed by atoms with van der Waals surface area (Å²) in [7, 11) is 0. The van der Waals surface area contributed by atoms with Crippen molar-refractivity contribution >= 4 is 16.4 Å². The van der Waals surface area contributed by atoms with Crippen LogP contribution in [0.2, 0.25) is 0 Å². The summed E-state index contributed by atoms with van der Waals surface area (Å²) in [5, 5.41) is 5.39. The van der Waals surface area contributed by atoms with E-state index in [0.29, 0.717) is 0 Å². The van der Waals surface area contributed by atoms with Gasteiger partial charge in [0.1, 0.15) is 0 Å². The molecule has 3 heterocycles. The van der Waals surface area contributed by atoms with Crippen molar-refractivity contribution in [3.8, 4) is 0 Å². The van der Waals surface area contributed by atoms with E-state index in [1.807, 2.05) is 36.7 Å². The van der Waals surface area contributed by atoms with Gasteiger partial charge in [0.15, 0.2) is 0 Å². The maximum atomic E-state index is 6.40. The number of rotatable bonds is 2. The van der Waals surface area contributed by atoms with Crippen LogP contribution in [0.4, 0.5) is 0 Å². The average Bonchev–Trinajstić information content (AvgIpc) is 2.98. The highest BCUT2D eigenvalue weighted by Crippen LogP contribution is 2.24. The second-order valence-corrected chi connectivity index (χ2v) is 4.95. The van der Waals surface area contributed by atoms with Gasteiger partial charge < -0.3 is 5.73 Å². The minimum atomic E-state index is -0.274. The third-order valence-corrected chi connectivity index (χ3v) is 3.66. The number of hydrogen-bond donors (Lipinski definition) is 1. The molecule has 1 atom stereocenters. The second kappa shape index (κ2) is 4.64. The Morgan fingerprint density at radius 1 is 1.10 bits per heavy atom. The van der Waals surface area contributed by atoms with Gasteiger partial charge in [0.05, 0.1) is 29.5 Å². The minimum Gasteiger partial charge on any atom is -0.320 e. The van der Waals surface area contributed by atoms with Crippen LogP contribution in [0.15, 0.2) is 61.3 Å². The Morgan fingerprint density at radius 2 is 2.00 bits per heavy atom. The Bertz CT molecular complexity index is 928. The Morgan fingerprint density at radius 3 is 2.95 bits per heavy atom. The van der Waals surface area contributed by atoms with Crippen LogP contribution in [0.5, 0.6) is 0 Å². The highest BCUT2D eigenvalue weighted by Gasteiger charge is 2.15. The van der Waals surface area contributed by atoms with Crippen LogP contribution in [-0.4, -0.2) is 19.6 Å². The van der Waals surface area contributed by atoms with Gasteiger partial charge >= 0.3 is 0 Å². The van der Waals surface area contributed by atoms with E-state index in [-0.39, 0.29) is 6.04 Å². The molecular weight excluding hydrogens is 262 g/mol. The molecule has 0 amide bonds. The van der Waals surface area contributed by atoms with Gasteiger partial charge in [-0.2, -0.15) is 5.10 Å². The molecule has 1 unspecified atom stereocenters. The van der Waals surface area contributed by atoms with Crippen LogP contribution >= 0.6 is 0 Å². The monoisotopic (exact) mass is 275 g/mol. The van der Waals surface area contributed by atoms with E-state index in [1.165, 1.54) is 0 Å². The Hall–Kier alpha value is -2.79. The molecular formula is C16H13N5. The van der Waals surface area contributed by atoms with Gasteiger partial charge in [0.25, 0.3) is 0 Å². The normalized spacial score (nSPS) is 12.8. The van der Waals surface area contributed by atoms with Crippen LogP contribution in [0.25, 0.3) is 16.4 Å². The van der Waals surface area contributed by atoms with Crippen LogP contribution in [0, 0.1) is 0 Å². The van der Waals surface area contributed by atoms with E-state index in [1.54, 1.807) is 23.1 Å². The number of para-hydroxylation sites is 1. The fourth-order valence-corrected chi connectivity index (χ4v) is 2.53. The highest BCUT2D eigenvalue weighted by atomic mass is 15.2. The first-order chi connectivity index (χ1) is 10.3. The summed E-state index contributed by atoms with van der Waals surface area (Å²) >= 11 is 0. The number of hydrogen-bond acceptors (Lipinski definition) is 4. The summed E-state index contributed by atoms with van der Waals surface area (Å²) in [6, 6.07) is 9.81. The van der Waals surface area contributed by atoms with Crippen molar-refractivity contribution in [2.24, 2.45) is 5.73 Å². The number of pyridine rings is 1. The molecule has 0 saturated carbocycles. The number of nitrogens with two attached hydrogens (primary N) is 1. The maximum absolute atomic E-state index is 6.40. The molecule has 0 aliphatic rings. The Labute approximate surface area is 121 Å². The molecule has 0 spiro atoms. The number of fused-ring (bicyclic) bond motifs is 2. The van der Waals surface area contributed by atoms with Crippen molar-refractivity contribution < 1.29 is 0 Å². The zero-order chi connectivity index (χ0) is 14.2. The Kier molecular flexibility index (Phi) is 2.65. The van der Waals surface area contributed by atoms with Crippen molar-refractivity contribution in [3.63, 3.8) is 0 Å². The quantitative estimate of drug-likeness (QED) is 0.609. The molecule has 0 radical (unpaired) electrons. The Balaban J connectivity index is 1.83. The number of nitrogens with zero attached hydrogens (tertiary/aromatic N) is 4. The molecule has 3 aromatic heterocycles. The van der Waals surface area contributed by atoms with E-state index in [9.17, 15) is 0 Å². The van der Waals surface area contributed by atoms with Crippen LogP contribution in [0.1, 0.15) is 17.2 Å². The van der Waals surface area contributed by atoms with Crippen LogP contribution < -0.4 is 5.73 Å². The molecule has 0 saturated heterocycles. The van der Waals surface area contributed by atoms with Crippen molar-refractivity contribution in [1.29, 1.82) is 0 Å². The molecule has 5 heteroatoms. The molecule has 0 aliphatic carbocycles. The van der Waals surface area contributed by atoms with Gasteiger partial charge in [0, 0.05) is 29.5 Å². The fourth-order valence-electron chi connectivity index (χ4n) is 2.53. The van der Waals surface area contributed by atoms with Gasteiger partial charge in [-0.05, 0) is 17.7 Å². The third-order valence-electron chi connectivity index (χ3n) is 3.66. The summed E-state index contributed by atoms with van der Waals surface area (Å²) in [5.74, 6) is 0. The first-order valence-corrected chi connectivity index (χ1v) is 6.70. The predicted octanol–water partition coefficient (Wildman–Crippen LogP) is 2.33. The summed E-state index contributed by atoms with van der Waals surface area (Å²) in [5.41, 5.74) is 10.2. The van der Waals surface area contributed by atoms with Crippen molar-refractivity contribution in [3.05, 3.63) is 72.4 Å². The largest absolute Gasteiger partial charge is 0.320 e. The lowest BCUT2D eigenvalue weighted by atomic mass is 10.0. The lowest BCUT2D eigenvalue weighted by molar-refractivity contribution is 0.874. The highest BCUT2D eigenvalue weighted by molar-refractivity contribution is 5.79. The summed E-state index contributed by atoms with van der Waals surface area (Å²) in [6.07, 6.45) is 8.90. The lowest BCUT2D eigenvalue weighted by Crippen LogP contribution is -2.12. The lowest BCUT2D eigenvalue weighted by Gasteiger charge is -2.11. The van der Waals surface area contributed by atoms with Crippen molar-refractivity contribution in [2.45, 2.75) is 6.04 Å². The zero-order valence-electron chi connectivity index (χ0n) is 11.2. The van der Waals surface area contributed by atoms with Gasteiger partial charge in [-0.15, -0.1) is 0 Å². The minimum absolute atomic E-state index is 0.274. The van der Waals surface area contributed by atoms with E-state index in [2.05, 4.69) is 21.1 Å². The molecule has 1 aromatic carbocycles. The van der Waals surface area contributed by atoms with Crippen molar-refractivity contribution in [1.82, 2.24) is 19.6 Å². The summed E-state index contributed by atoms with van der Waals surface area (Å²) in [4.78, 5) is 8.61. The molecule has 4 aromatic rings. The van der Waals surface area contributed by atoms with Gasteiger partial charge in [0.2, 0.25) is 0 Å². The van der Waals surface area contributed by atoms with Gasteiger partial charge in [-0.3, -0.25) is 9.97 Å². The standard InChI is InChI=1S/C16H13N5/c17-16(13-9-20-21-6-5-18-10-15(13)21)12-7-11-3-1-2-4-14(11)19-8-12/h1-10,16H,17H2. The molecule has 102 valence electrons. The molecule has 21 heavy (non-hydrogen) atoms. The third kappa shape index (κ3) is 1.95. The second-order valence-electron chi connectivity index (χ2n) is 4.95. The number of benzene rings is 1. The SMILES string of the molecule is NC(c1cnc2ccccc2c1)c1cnn2ccncc12. The fraction of sp³-hybridized carbons (Fsp3) is 0.0625. The predicted molar refractivity (Wildman–Crippen MR) is 80.8 cm³/mol. The summed E-state index contributed by atoms with van der Waals surface area (Å²) < 4.78 is 1.77. The molecule has 0 aliphatic heterocycles. The molecule has 2 N–H and O–H groups in total. The zero-order valence-corrected chi connectivity index (χ0v) is 11.2. The maximum Gasteiger partial charge on any atom is 0.0896 e. The van der Waals surface area contributed by atoms with Gasteiger partial charge in [-0.1, -0.05) is 18.2 Å². The van der Waals surface area contributed by atoms with E-state index in [0.717, 1.165) is 27.5 Å². The topological polar surface area (TPSA) is 69.1 Å².